The van der Waals surface area contributed by atoms with Crippen molar-refractivity contribution in [2.75, 3.05) is 0 Å². The fourth-order valence-electron chi connectivity index (χ4n) is 11.1. The Bertz CT molecular complexity index is 1210. The molecule has 0 N–H and O–H groups in total. The van der Waals surface area contributed by atoms with E-state index in [2.05, 4.69) is 70.5 Å². The smallest absolute Gasteiger partial charge is 0.217 e. The molecule has 4 nitrogen and oxygen atoms in total. The topological polar surface area (TPSA) is 48.1 Å². The molecule has 3 saturated carbocycles. The molecule has 0 saturated heterocycles. The molecule has 4 aliphatic carbocycles. The first-order valence-electron chi connectivity index (χ1n) is 15.7. The Hall–Kier alpha value is -1.84. The number of hydrogen-bond acceptors (Lipinski definition) is 2. The van der Waals surface area contributed by atoms with Crippen LogP contribution in [-0.2, 0) is 19.9 Å². The van der Waals surface area contributed by atoms with Crippen molar-refractivity contribution >= 4 is 10.9 Å². The standard InChI is InChI=1S/C34H50N2O2/c1-21(2)10-9-11-22(3)26-14-15-27-24-18-32(36(37)38)29-19-31-25(23-12-7-8-13-30(23)35(31)6)20-34(29,5)28(24)16-17-33(26,27)4/h7-8,12-13,21-22,24,26-29,32H,9-11,14-20H2,1-6H3. The van der Waals surface area contributed by atoms with E-state index >= 15 is 0 Å². The third kappa shape index (κ3) is 3.82. The highest BCUT2D eigenvalue weighted by Crippen LogP contribution is 2.68. The summed E-state index contributed by atoms with van der Waals surface area (Å²) in [6, 6.07) is 8.38. The van der Waals surface area contributed by atoms with Gasteiger partial charge in [-0.3, -0.25) is 10.1 Å². The molecular weight excluding hydrogens is 468 g/mol. The Kier molecular flexibility index (Phi) is 6.51. The van der Waals surface area contributed by atoms with Gasteiger partial charge in [-0.05, 0) is 96.5 Å². The van der Waals surface area contributed by atoms with Gasteiger partial charge in [0.25, 0.3) is 0 Å². The maximum atomic E-state index is 12.7. The van der Waals surface area contributed by atoms with Crippen molar-refractivity contribution in [1.29, 1.82) is 0 Å². The highest BCUT2D eigenvalue weighted by Gasteiger charge is 2.65. The van der Waals surface area contributed by atoms with Gasteiger partial charge in [-0.25, -0.2) is 0 Å². The number of fused-ring (bicyclic) bond motifs is 8. The molecule has 4 heteroatoms. The Morgan fingerprint density at radius 3 is 2.50 bits per heavy atom. The summed E-state index contributed by atoms with van der Waals surface area (Å²) in [5.74, 6) is 4.28. The minimum Gasteiger partial charge on any atom is -0.347 e. The van der Waals surface area contributed by atoms with Gasteiger partial charge in [-0.15, -0.1) is 0 Å². The number of nitrogens with zero attached hydrogens (tertiary/aromatic N) is 2. The quantitative estimate of drug-likeness (QED) is 0.284. The van der Waals surface area contributed by atoms with E-state index in [0.717, 1.165) is 37.0 Å². The second-order valence-electron chi connectivity index (χ2n) is 15.0. The second kappa shape index (κ2) is 9.37. The molecule has 0 amide bonds. The predicted molar refractivity (Wildman–Crippen MR) is 156 cm³/mol. The van der Waals surface area contributed by atoms with Crippen LogP contribution in [0.25, 0.3) is 10.9 Å². The minimum atomic E-state index is -0.405. The second-order valence-corrected chi connectivity index (χ2v) is 15.0. The minimum absolute atomic E-state index is 0.0140. The lowest BCUT2D eigenvalue weighted by molar-refractivity contribution is -0.546. The Balaban J connectivity index is 1.33. The first-order valence-corrected chi connectivity index (χ1v) is 15.7. The van der Waals surface area contributed by atoms with Crippen LogP contribution >= 0.6 is 0 Å². The van der Waals surface area contributed by atoms with Gasteiger partial charge in [0.05, 0.1) is 0 Å². The van der Waals surface area contributed by atoms with Gasteiger partial charge in [-0.1, -0.05) is 72.1 Å². The first-order chi connectivity index (χ1) is 18.1. The summed E-state index contributed by atoms with van der Waals surface area (Å²) >= 11 is 0. The largest absolute Gasteiger partial charge is 0.347 e. The highest BCUT2D eigenvalue weighted by atomic mass is 16.6. The molecule has 0 aliphatic heterocycles. The van der Waals surface area contributed by atoms with Gasteiger partial charge in [0.2, 0.25) is 6.04 Å². The molecule has 0 spiro atoms. The lowest BCUT2D eigenvalue weighted by atomic mass is 9.43. The van der Waals surface area contributed by atoms with Crippen LogP contribution in [0.5, 0.6) is 0 Å². The maximum absolute atomic E-state index is 12.7. The summed E-state index contributed by atoms with van der Waals surface area (Å²) in [6.07, 6.45) is 11.9. The van der Waals surface area contributed by atoms with Crippen molar-refractivity contribution < 1.29 is 4.92 Å². The average Bonchev–Trinajstić information content (AvgIpc) is 3.36. The number of benzene rings is 1. The normalized spacial score (nSPS) is 38.9. The van der Waals surface area contributed by atoms with Crippen molar-refractivity contribution in [3.8, 4) is 0 Å². The summed E-state index contributed by atoms with van der Waals surface area (Å²) in [4.78, 5) is 12.9. The molecule has 38 heavy (non-hydrogen) atoms. The average molecular weight is 519 g/mol. The molecule has 1 aromatic heterocycles. The molecule has 208 valence electrons. The summed E-state index contributed by atoms with van der Waals surface area (Å²) in [6.45, 7) is 12.3. The van der Waals surface area contributed by atoms with E-state index in [-0.39, 0.29) is 16.3 Å². The zero-order valence-electron chi connectivity index (χ0n) is 24.7. The van der Waals surface area contributed by atoms with Gasteiger partial charge >= 0.3 is 0 Å². The fraction of sp³-hybridized carbons (Fsp3) is 0.765. The number of hydrogen-bond donors (Lipinski definition) is 0. The van der Waals surface area contributed by atoms with Crippen molar-refractivity contribution in [1.82, 2.24) is 4.57 Å². The number of para-hydroxylation sites is 1. The molecule has 3 fully saturated rings. The van der Waals surface area contributed by atoms with E-state index in [0.29, 0.717) is 23.2 Å². The monoisotopic (exact) mass is 518 g/mol. The Labute approximate surface area is 230 Å². The van der Waals surface area contributed by atoms with Crippen LogP contribution in [0.2, 0.25) is 0 Å². The van der Waals surface area contributed by atoms with Gasteiger partial charge in [0, 0.05) is 40.9 Å². The van der Waals surface area contributed by atoms with E-state index in [9.17, 15) is 10.1 Å². The molecule has 2 aromatic rings. The number of aryl methyl sites for hydroxylation is 1. The molecule has 1 aromatic carbocycles. The number of rotatable bonds is 6. The SMILES string of the molecule is CC(C)CCCC(C)C1CCC2C3CC([N+](=O)[O-])C4Cc5c(c6ccccc6n5C)CC4(C)C3CCC12C. The van der Waals surface area contributed by atoms with Crippen molar-refractivity contribution in [3.63, 3.8) is 0 Å². The van der Waals surface area contributed by atoms with Gasteiger partial charge in [0.1, 0.15) is 0 Å². The van der Waals surface area contributed by atoms with E-state index in [1.165, 1.54) is 67.1 Å². The van der Waals surface area contributed by atoms with E-state index in [1.807, 2.05) is 0 Å². The van der Waals surface area contributed by atoms with Gasteiger partial charge in [-0.2, -0.15) is 0 Å². The van der Waals surface area contributed by atoms with E-state index < -0.39 is 6.04 Å². The lowest BCUT2D eigenvalue weighted by Gasteiger charge is -2.60. The van der Waals surface area contributed by atoms with Crippen LogP contribution < -0.4 is 0 Å². The van der Waals surface area contributed by atoms with Gasteiger partial charge in [0.15, 0.2) is 0 Å². The van der Waals surface area contributed by atoms with E-state index in [1.54, 1.807) is 0 Å². The third-order valence-electron chi connectivity index (χ3n) is 12.9. The lowest BCUT2D eigenvalue weighted by Crippen LogP contribution is -2.60. The van der Waals surface area contributed by atoms with Crippen LogP contribution in [0.1, 0.15) is 97.2 Å². The van der Waals surface area contributed by atoms with E-state index in [4.69, 9.17) is 0 Å². The molecular formula is C34H50N2O2. The predicted octanol–water partition coefficient (Wildman–Crippen LogP) is 8.47. The van der Waals surface area contributed by atoms with Crippen LogP contribution in [0.4, 0.5) is 0 Å². The van der Waals surface area contributed by atoms with Gasteiger partial charge < -0.3 is 4.57 Å². The van der Waals surface area contributed by atoms with Crippen molar-refractivity contribution in [2.24, 2.45) is 59.3 Å². The third-order valence-corrected chi connectivity index (χ3v) is 12.9. The molecule has 6 rings (SSSR count). The number of aromatic nitrogens is 1. The molecule has 0 radical (unpaired) electrons. The van der Waals surface area contributed by atoms with Crippen LogP contribution in [0.15, 0.2) is 24.3 Å². The van der Waals surface area contributed by atoms with Crippen LogP contribution in [-0.4, -0.2) is 15.5 Å². The zero-order valence-corrected chi connectivity index (χ0v) is 24.7. The molecule has 9 atom stereocenters. The van der Waals surface area contributed by atoms with Crippen molar-refractivity contribution in [3.05, 3.63) is 45.6 Å². The maximum Gasteiger partial charge on any atom is 0.217 e. The highest BCUT2D eigenvalue weighted by molar-refractivity contribution is 5.86. The van der Waals surface area contributed by atoms with Crippen LogP contribution in [0.3, 0.4) is 0 Å². The summed E-state index contributed by atoms with van der Waals surface area (Å²) in [5.41, 5.74) is 4.51. The summed E-state index contributed by atoms with van der Waals surface area (Å²) < 4.78 is 2.34. The molecule has 1 heterocycles. The zero-order chi connectivity index (χ0) is 27.0. The van der Waals surface area contributed by atoms with Crippen molar-refractivity contribution in [2.45, 2.75) is 105 Å². The first kappa shape index (κ1) is 26.4. The fourth-order valence-corrected chi connectivity index (χ4v) is 11.1. The Morgan fingerprint density at radius 1 is 1.03 bits per heavy atom. The molecule has 0 bridgehead atoms. The molecule has 9 unspecified atom stereocenters. The molecule has 4 aliphatic rings. The number of nitro groups is 1. The summed E-state index contributed by atoms with van der Waals surface area (Å²) in [7, 11) is 2.17. The Morgan fingerprint density at radius 2 is 1.76 bits per heavy atom. The summed E-state index contributed by atoms with van der Waals surface area (Å²) in [5, 5.41) is 14.1. The van der Waals surface area contributed by atoms with Crippen LogP contribution in [0, 0.1) is 62.4 Å².